The highest BCUT2D eigenvalue weighted by Gasteiger charge is 2.31. The normalized spacial score (nSPS) is 25.5. The van der Waals surface area contributed by atoms with Gasteiger partial charge in [0.25, 0.3) is 0 Å². The fraction of sp³-hybridized carbons (Fsp3) is 0.529. The van der Waals surface area contributed by atoms with Gasteiger partial charge in [0.2, 0.25) is 11.7 Å². The van der Waals surface area contributed by atoms with Crippen LogP contribution in [0.15, 0.2) is 29.4 Å². The number of likely N-dealkylation sites (tertiary alicyclic amines) is 1. The van der Waals surface area contributed by atoms with Crippen molar-refractivity contribution in [1.29, 1.82) is 0 Å². The Hall–Kier alpha value is -2.00. The van der Waals surface area contributed by atoms with Crippen molar-refractivity contribution in [1.82, 2.24) is 25.6 Å². The van der Waals surface area contributed by atoms with Gasteiger partial charge in [-0.2, -0.15) is 5.43 Å². The van der Waals surface area contributed by atoms with Gasteiger partial charge in [-0.1, -0.05) is 12.1 Å². The second-order valence-corrected chi connectivity index (χ2v) is 6.88. The van der Waals surface area contributed by atoms with Gasteiger partial charge in [-0.15, -0.1) is 0 Å². The minimum absolute atomic E-state index is 0.268. The van der Waals surface area contributed by atoms with Gasteiger partial charge in [0.15, 0.2) is 0 Å². The number of guanidine groups is 1. The van der Waals surface area contributed by atoms with Crippen LogP contribution in [0.5, 0.6) is 0 Å². The van der Waals surface area contributed by atoms with Crippen molar-refractivity contribution < 1.29 is 0 Å². The highest BCUT2D eigenvalue weighted by molar-refractivity contribution is 5.79. The SMILES string of the molecule is CN(C)C1CCN(C/C=C/c2ccc(C3(N)N=C(N)NN3)cn2)CC1. The standard InChI is InChI=1S/C17H28N8/c1-24(2)15-7-10-25(11-8-15)9-3-4-14-6-5-13(12-20-14)17(19)21-16(18)22-23-17/h3-6,12,15,23H,7-11,19H2,1-2H3,(H3,18,21,22)/b4-3+. The second-order valence-electron chi connectivity index (χ2n) is 6.88. The Labute approximate surface area is 148 Å². The summed E-state index contributed by atoms with van der Waals surface area (Å²) >= 11 is 0. The van der Waals surface area contributed by atoms with Crippen LogP contribution in [-0.4, -0.2) is 60.5 Å². The quantitative estimate of drug-likeness (QED) is 0.576. The first-order chi connectivity index (χ1) is 12.0. The molecule has 25 heavy (non-hydrogen) atoms. The summed E-state index contributed by atoms with van der Waals surface area (Å²) in [5.41, 5.74) is 18.9. The molecule has 1 atom stereocenters. The molecule has 0 spiro atoms. The fourth-order valence-electron chi connectivity index (χ4n) is 3.21. The Balaban J connectivity index is 1.51. The Bertz CT molecular complexity index is 631. The summed E-state index contributed by atoms with van der Waals surface area (Å²) in [6.07, 6.45) is 8.40. The van der Waals surface area contributed by atoms with Gasteiger partial charge in [-0.25, -0.2) is 4.99 Å². The number of aliphatic imine (C=N–C) groups is 1. The van der Waals surface area contributed by atoms with Crippen LogP contribution in [-0.2, 0) is 5.79 Å². The van der Waals surface area contributed by atoms with Gasteiger partial charge in [-0.05, 0) is 52.2 Å². The number of aromatic nitrogens is 1. The highest BCUT2D eigenvalue weighted by Crippen LogP contribution is 2.18. The van der Waals surface area contributed by atoms with E-state index in [2.05, 4.69) is 50.8 Å². The Morgan fingerprint density at radius 1 is 1.36 bits per heavy atom. The Morgan fingerprint density at radius 3 is 2.68 bits per heavy atom. The van der Waals surface area contributed by atoms with E-state index in [1.807, 2.05) is 18.2 Å². The van der Waals surface area contributed by atoms with Crippen molar-refractivity contribution in [2.24, 2.45) is 16.5 Å². The molecule has 1 aromatic rings. The molecule has 0 aromatic carbocycles. The first-order valence-corrected chi connectivity index (χ1v) is 8.65. The van der Waals surface area contributed by atoms with Crippen molar-refractivity contribution in [3.63, 3.8) is 0 Å². The zero-order chi connectivity index (χ0) is 17.9. The van der Waals surface area contributed by atoms with Crippen LogP contribution < -0.4 is 22.3 Å². The molecule has 2 aliphatic heterocycles. The van der Waals surface area contributed by atoms with Gasteiger partial charge >= 0.3 is 0 Å². The van der Waals surface area contributed by atoms with E-state index in [4.69, 9.17) is 11.5 Å². The van der Waals surface area contributed by atoms with Gasteiger partial charge < -0.3 is 10.6 Å². The molecule has 2 aliphatic rings. The summed E-state index contributed by atoms with van der Waals surface area (Å²) in [5.74, 6) is -0.791. The average Bonchev–Trinajstić information content (AvgIpc) is 2.96. The third kappa shape index (κ3) is 4.35. The number of hydrazine groups is 1. The molecule has 0 saturated carbocycles. The Morgan fingerprint density at radius 2 is 2.12 bits per heavy atom. The molecule has 3 rings (SSSR count). The van der Waals surface area contributed by atoms with Crippen LogP contribution in [0.3, 0.4) is 0 Å². The number of pyridine rings is 1. The Kier molecular flexibility index (Phi) is 5.33. The monoisotopic (exact) mass is 344 g/mol. The molecule has 0 bridgehead atoms. The van der Waals surface area contributed by atoms with Crippen LogP contribution in [0.25, 0.3) is 6.08 Å². The summed E-state index contributed by atoms with van der Waals surface area (Å²) in [6.45, 7) is 3.25. The first-order valence-electron chi connectivity index (χ1n) is 8.65. The van der Waals surface area contributed by atoms with Crippen molar-refractivity contribution >= 4 is 12.0 Å². The zero-order valence-corrected chi connectivity index (χ0v) is 14.9. The number of nitrogens with zero attached hydrogens (tertiary/aromatic N) is 4. The number of hydrogen-bond donors (Lipinski definition) is 4. The van der Waals surface area contributed by atoms with Gasteiger partial charge in [0, 0.05) is 24.3 Å². The van der Waals surface area contributed by atoms with E-state index in [1.54, 1.807) is 6.20 Å². The largest absolute Gasteiger partial charge is 0.369 e. The van der Waals surface area contributed by atoms with E-state index in [1.165, 1.54) is 12.8 Å². The van der Waals surface area contributed by atoms with Crippen LogP contribution in [0, 0.1) is 0 Å². The number of nitrogens with two attached hydrogens (primary N) is 2. The van der Waals surface area contributed by atoms with Crippen molar-refractivity contribution in [2.75, 3.05) is 33.7 Å². The lowest BCUT2D eigenvalue weighted by molar-refractivity contribution is 0.155. The van der Waals surface area contributed by atoms with E-state index < -0.39 is 5.79 Å². The maximum atomic E-state index is 6.14. The van der Waals surface area contributed by atoms with Crippen LogP contribution in [0.4, 0.5) is 0 Å². The summed E-state index contributed by atoms with van der Waals surface area (Å²) in [4.78, 5) is 13.4. The third-order valence-electron chi connectivity index (χ3n) is 4.84. The molecule has 0 aliphatic carbocycles. The topological polar surface area (TPSA) is 108 Å². The molecule has 1 saturated heterocycles. The van der Waals surface area contributed by atoms with Crippen molar-refractivity contribution in [3.8, 4) is 0 Å². The van der Waals surface area contributed by atoms with E-state index in [9.17, 15) is 0 Å². The number of piperidine rings is 1. The lowest BCUT2D eigenvalue weighted by atomic mass is 10.0. The molecular formula is C17H28N8. The second kappa shape index (κ2) is 7.49. The molecule has 8 nitrogen and oxygen atoms in total. The first kappa shape index (κ1) is 17.8. The predicted octanol–water partition coefficient (Wildman–Crippen LogP) is -0.388. The van der Waals surface area contributed by atoms with E-state index in [0.29, 0.717) is 6.04 Å². The van der Waals surface area contributed by atoms with E-state index in [-0.39, 0.29) is 5.96 Å². The minimum atomic E-state index is -1.06. The van der Waals surface area contributed by atoms with Crippen molar-refractivity contribution in [2.45, 2.75) is 24.7 Å². The van der Waals surface area contributed by atoms with Gasteiger partial charge in [-0.3, -0.25) is 21.0 Å². The smallest absolute Gasteiger partial charge is 0.210 e. The molecule has 0 amide bonds. The van der Waals surface area contributed by atoms with Crippen LogP contribution >= 0.6 is 0 Å². The van der Waals surface area contributed by atoms with Gasteiger partial charge in [0.05, 0.1) is 5.69 Å². The number of rotatable bonds is 5. The van der Waals surface area contributed by atoms with Crippen LogP contribution in [0.2, 0.25) is 0 Å². The maximum absolute atomic E-state index is 6.14. The van der Waals surface area contributed by atoms with E-state index in [0.717, 1.165) is 30.9 Å². The van der Waals surface area contributed by atoms with Crippen molar-refractivity contribution in [3.05, 3.63) is 35.7 Å². The summed E-state index contributed by atoms with van der Waals surface area (Å²) < 4.78 is 0. The highest BCUT2D eigenvalue weighted by atomic mass is 15.6. The molecule has 1 unspecified atom stereocenters. The molecule has 8 heteroatoms. The third-order valence-corrected chi connectivity index (χ3v) is 4.84. The van der Waals surface area contributed by atoms with Gasteiger partial charge in [0.1, 0.15) is 0 Å². The average molecular weight is 344 g/mol. The maximum Gasteiger partial charge on any atom is 0.210 e. The predicted molar refractivity (Wildman–Crippen MR) is 100 cm³/mol. The minimum Gasteiger partial charge on any atom is -0.369 e. The fourth-order valence-corrected chi connectivity index (χ4v) is 3.21. The summed E-state index contributed by atoms with van der Waals surface area (Å²) in [5, 5.41) is 0. The molecular weight excluding hydrogens is 316 g/mol. The lowest BCUT2D eigenvalue weighted by Crippen LogP contribution is -2.50. The molecule has 136 valence electrons. The number of hydrogen-bond acceptors (Lipinski definition) is 8. The summed E-state index contributed by atoms with van der Waals surface area (Å²) in [7, 11) is 4.33. The van der Waals surface area contributed by atoms with E-state index >= 15 is 0 Å². The van der Waals surface area contributed by atoms with Crippen LogP contribution in [0.1, 0.15) is 24.1 Å². The molecule has 0 radical (unpaired) electrons. The summed E-state index contributed by atoms with van der Waals surface area (Å²) in [6, 6.07) is 4.56. The zero-order valence-electron chi connectivity index (χ0n) is 14.9. The number of nitrogens with one attached hydrogen (secondary N) is 2. The lowest BCUT2D eigenvalue weighted by Gasteiger charge is -2.34. The molecule has 6 N–H and O–H groups in total. The molecule has 1 fully saturated rings. The molecule has 3 heterocycles. The molecule has 1 aromatic heterocycles.